The number of rotatable bonds is 4. The van der Waals surface area contributed by atoms with Gasteiger partial charge in [0.2, 0.25) is 5.91 Å². The summed E-state index contributed by atoms with van der Waals surface area (Å²) in [5, 5.41) is 0. The number of hydrogen-bond acceptors (Lipinski definition) is 4. The maximum Gasteiger partial charge on any atom is 0.254 e. The zero-order chi connectivity index (χ0) is 14.7. The lowest BCUT2D eigenvalue weighted by atomic mass is 10.1. The lowest BCUT2D eigenvalue weighted by Gasteiger charge is -2.16. The number of ether oxygens (including phenoxy) is 1. The van der Waals surface area contributed by atoms with Crippen molar-refractivity contribution in [3.05, 3.63) is 27.4 Å². The van der Waals surface area contributed by atoms with Crippen LogP contribution in [0.1, 0.15) is 30.4 Å². The van der Waals surface area contributed by atoms with Gasteiger partial charge in [0.05, 0.1) is 12.5 Å². The van der Waals surface area contributed by atoms with E-state index in [1.807, 2.05) is 6.92 Å². The zero-order valence-corrected chi connectivity index (χ0v) is 12.2. The third-order valence-corrected chi connectivity index (χ3v) is 3.77. The second-order valence-electron chi connectivity index (χ2n) is 5.09. The van der Waals surface area contributed by atoms with Gasteiger partial charge in [0.15, 0.2) is 0 Å². The van der Waals surface area contributed by atoms with E-state index in [0.29, 0.717) is 36.6 Å². The van der Waals surface area contributed by atoms with E-state index in [1.54, 1.807) is 18.9 Å². The minimum Gasteiger partial charge on any atom is -0.380 e. The smallest absolute Gasteiger partial charge is 0.254 e. The average molecular weight is 279 g/mol. The molecule has 6 nitrogen and oxygen atoms in total. The van der Waals surface area contributed by atoms with Crippen LogP contribution in [0, 0.1) is 6.92 Å². The number of amides is 1. The Hall–Kier alpha value is -1.69. The fourth-order valence-electron chi connectivity index (χ4n) is 2.45. The molecule has 1 fully saturated rings. The van der Waals surface area contributed by atoms with Gasteiger partial charge in [0, 0.05) is 37.9 Å². The minimum atomic E-state index is -0.204. The largest absolute Gasteiger partial charge is 0.380 e. The number of carbonyl (C=O) groups excluding carboxylic acids is 1. The van der Waals surface area contributed by atoms with Crippen LogP contribution in [-0.2, 0) is 22.4 Å². The molecule has 1 aromatic rings. The molecule has 20 heavy (non-hydrogen) atoms. The number of likely N-dealkylation sites (tertiary alicyclic amines) is 1. The quantitative estimate of drug-likeness (QED) is 0.867. The van der Waals surface area contributed by atoms with Crippen molar-refractivity contribution in [1.29, 1.82) is 0 Å². The predicted octanol–water partition coefficient (Wildman–Crippen LogP) is 0.431. The Morgan fingerprint density at radius 3 is 2.85 bits per heavy atom. The summed E-state index contributed by atoms with van der Waals surface area (Å²) in [5.41, 5.74) is 0.902. The van der Waals surface area contributed by atoms with Crippen LogP contribution >= 0.6 is 0 Å². The highest BCUT2D eigenvalue weighted by Gasteiger charge is 2.26. The monoisotopic (exact) mass is 279 g/mol. The summed E-state index contributed by atoms with van der Waals surface area (Å²) in [6.45, 7) is 5.00. The van der Waals surface area contributed by atoms with Crippen molar-refractivity contribution < 1.29 is 9.53 Å². The summed E-state index contributed by atoms with van der Waals surface area (Å²) < 4.78 is 5.25. The summed E-state index contributed by atoms with van der Waals surface area (Å²) in [4.78, 5) is 33.0. The average Bonchev–Trinajstić information content (AvgIpc) is 2.91. The topological polar surface area (TPSA) is 75.3 Å². The van der Waals surface area contributed by atoms with Crippen LogP contribution in [0.2, 0.25) is 0 Å². The van der Waals surface area contributed by atoms with Crippen molar-refractivity contribution >= 4 is 5.91 Å². The zero-order valence-electron chi connectivity index (χ0n) is 12.2. The number of aryl methyl sites for hydroxylation is 2. The standard InChI is InChI=1S/C14H21N3O3/c1-4-12-15-9(2)11(14(19)16-12)7-13(18)17-6-5-10(8-17)20-3/h10H,4-8H2,1-3H3,(H,15,16,19)/t10-/m0/s1. The van der Waals surface area contributed by atoms with Gasteiger partial charge in [0.25, 0.3) is 5.56 Å². The van der Waals surface area contributed by atoms with Crippen LogP contribution in [0.3, 0.4) is 0 Å². The number of aromatic nitrogens is 2. The number of nitrogens with one attached hydrogen (secondary N) is 1. The summed E-state index contributed by atoms with van der Waals surface area (Å²) in [7, 11) is 1.65. The van der Waals surface area contributed by atoms with E-state index in [0.717, 1.165) is 6.42 Å². The molecule has 1 aliphatic heterocycles. The van der Waals surface area contributed by atoms with Crippen LogP contribution in [0.25, 0.3) is 0 Å². The Balaban J connectivity index is 2.11. The fraction of sp³-hybridized carbons (Fsp3) is 0.643. The van der Waals surface area contributed by atoms with E-state index in [1.165, 1.54) is 0 Å². The highest BCUT2D eigenvalue weighted by atomic mass is 16.5. The summed E-state index contributed by atoms with van der Waals surface area (Å²) in [5.74, 6) is 0.619. The number of aromatic amines is 1. The highest BCUT2D eigenvalue weighted by molar-refractivity contribution is 5.79. The van der Waals surface area contributed by atoms with E-state index in [4.69, 9.17) is 4.74 Å². The van der Waals surface area contributed by atoms with E-state index in [-0.39, 0.29) is 24.0 Å². The Labute approximate surface area is 118 Å². The SMILES string of the molecule is CCc1nc(C)c(CC(=O)N2CC[C@H](OC)C2)c(=O)[nH]1. The van der Waals surface area contributed by atoms with Crippen LogP contribution in [0.5, 0.6) is 0 Å². The lowest BCUT2D eigenvalue weighted by molar-refractivity contribution is -0.129. The minimum absolute atomic E-state index is 0.0378. The Kier molecular flexibility index (Phi) is 4.54. The molecule has 110 valence electrons. The molecule has 1 atom stereocenters. The number of H-pyrrole nitrogens is 1. The van der Waals surface area contributed by atoms with Gasteiger partial charge in [-0.25, -0.2) is 4.98 Å². The number of hydrogen-bond donors (Lipinski definition) is 1. The Morgan fingerprint density at radius 1 is 1.55 bits per heavy atom. The molecule has 0 aliphatic carbocycles. The molecule has 1 N–H and O–H groups in total. The first kappa shape index (κ1) is 14.7. The van der Waals surface area contributed by atoms with Crippen LogP contribution in [0.4, 0.5) is 0 Å². The molecule has 1 aromatic heterocycles. The molecule has 0 aromatic carbocycles. The molecule has 0 saturated carbocycles. The molecule has 0 unspecified atom stereocenters. The molecule has 1 amide bonds. The third-order valence-electron chi connectivity index (χ3n) is 3.77. The fourth-order valence-corrected chi connectivity index (χ4v) is 2.45. The molecule has 6 heteroatoms. The molecule has 0 spiro atoms. The van der Waals surface area contributed by atoms with Gasteiger partial charge in [0.1, 0.15) is 5.82 Å². The normalized spacial score (nSPS) is 18.6. The first-order valence-corrected chi connectivity index (χ1v) is 6.94. The number of carbonyl (C=O) groups is 1. The molecule has 1 saturated heterocycles. The van der Waals surface area contributed by atoms with Crippen LogP contribution in [-0.4, -0.2) is 47.1 Å². The first-order chi connectivity index (χ1) is 9.55. The van der Waals surface area contributed by atoms with Crippen molar-refractivity contribution in [2.24, 2.45) is 0 Å². The van der Waals surface area contributed by atoms with E-state index in [9.17, 15) is 9.59 Å². The van der Waals surface area contributed by atoms with Gasteiger partial charge in [-0.05, 0) is 13.3 Å². The van der Waals surface area contributed by atoms with Gasteiger partial charge < -0.3 is 14.6 Å². The molecule has 2 heterocycles. The van der Waals surface area contributed by atoms with Crippen molar-refractivity contribution in [1.82, 2.24) is 14.9 Å². The predicted molar refractivity (Wildman–Crippen MR) is 74.7 cm³/mol. The van der Waals surface area contributed by atoms with Crippen molar-refractivity contribution in [2.45, 2.75) is 39.2 Å². The lowest BCUT2D eigenvalue weighted by Crippen LogP contribution is -2.33. The molecular weight excluding hydrogens is 258 g/mol. The second kappa shape index (κ2) is 6.17. The Bertz CT molecular complexity index is 553. The van der Waals surface area contributed by atoms with Crippen LogP contribution in [0.15, 0.2) is 4.79 Å². The van der Waals surface area contributed by atoms with Gasteiger partial charge in [-0.3, -0.25) is 9.59 Å². The van der Waals surface area contributed by atoms with Crippen LogP contribution < -0.4 is 5.56 Å². The molecule has 2 rings (SSSR count). The van der Waals surface area contributed by atoms with Gasteiger partial charge >= 0.3 is 0 Å². The molecule has 0 radical (unpaired) electrons. The summed E-state index contributed by atoms with van der Waals surface area (Å²) in [6.07, 6.45) is 1.74. The first-order valence-electron chi connectivity index (χ1n) is 6.94. The number of nitrogens with zero attached hydrogens (tertiary/aromatic N) is 2. The van der Waals surface area contributed by atoms with Gasteiger partial charge in [-0.15, -0.1) is 0 Å². The summed E-state index contributed by atoms with van der Waals surface area (Å²) in [6, 6.07) is 0. The maximum absolute atomic E-state index is 12.2. The van der Waals surface area contributed by atoms with E-state index in [2.05, 4.69) is 9.97 Å². The highest BCUT2D eigenvalue weighted by Crippen LogP contribution is 2.13. The van der Waals surface area contributed by atoms with Crippen molar-refractivity contribution in [3.8, 4) is 0 Å². The molecular formula is C14H21N3O3. The summed E-state index contributed by atoms with van der Waals surface area (Å²) >= 11 is 0. The van der Waals surface area contributed by atoms with E-state index >= 15 is 0 Å². The third kappa shape index (κ3) is 3.07. The van der Waals surface area contributed by atoms with Crippen molar-refractivity contribution in [2.75, 3.05) is 20.2 Å². The maximum atomic E-state index is 12.2. The van der Waals surface area contributed by atoms with Gasteiger partial charge in [-0.2, -0.15) is 0 Å². The molecule has 1 aliphatic rings. The number of methoxy groups -OCH3 is 1. The van der Waals surface area contributed by atoms with E-state index < -0.39 is 0 Å². The van der Waals surface area contributed by atoms with Gasteiger partial charge in [-0.1, -0.05) is 6.92 Å². The Morgan fingerprint density at radius 2 is 2.30 bits per heavy atom. The van der Waals surface area contributed by atoms with Crippen molar-refractivity contribution in [3.63, 3.8) is 0 Å². The second-order valence-corrected chi connectivity index (χ2v) is 5.09. The molecule has 0 bridgehead atoms.